The lowest BCUT2D eigenvalue weighted by molar-refractivity contribution is -0.919. The van der Waals surface area contributed by atoms with Crippen molar-refractivity contribution in [3.8, 4) is 5.75 Å². The van der Waals surface area contributed by atoms with E-state index in [1.807, 2.05) is 30.3 Å². The molecule has 3 N–H and O–H groups in total. The van der Waals surface area contributed by atoms with Gasteiger partial charge in [-0.2, -0.15) is 0 Å². The Morgan fingerprint density at radius 3 is 2.43 bits per heavy atom. The number of rotatable bonds is 8. The van der Waals surface area contributed by atoms with E-state index in [1.54, 1.807) is 6.92 Å². The molecule has 0 radical (unpaired) electrons. The van der Waals surface area contributed by atoms with Gasteiger partial charge in [-0.3, -0.25) is 4.79 Å². The number of nitrogens with one attached hydrogen (secondary N) is 2. The lowest BCUT2D eigenvalue weighted by Gasteiger charge is -2.28. The Labute approximate surface area is 167 Å². The quantitative estimate of drug-likeness (QED) is 0.648. The molecule has 5 heteroatoms. The number of aliphatic hydroxyl groups is 1. The van der Waals surface area contributed by atoms with Gasteiger partial charge in [-0.05, 0) is 36.8 Å². The van der Waals surface area contributed by atoms with E-state index in [2.05, 4.69) is 29.6 Å². The SMILES string of the molecule is C[C@@H](O)CNC(=O)C1CC[NH+](Cc2ccc(OCc3ccccc3)cc2)CC1. The van der Waals surface area contributed by atoms with Gasteiger partial charge in [-0.15, -0.1) is 0 Å². The molecule has 2 aromatic carbocycles. The van der Waals surface area contributed by atoms with E-state index in [9.17, 15) is 9.90 Å². The molecule has 1 aliphatic heterocycles. The van der Waals surface area contributed by atoms with Crippen molar-refractivity contribution in [1.29, 1.82) is 0 Å². The zero-order chi connectivity index (χ0) is 19.8. The number of aliphatic hydroxyl groups excluding tert-OH is 1. The number of quaternary nitrogens is 1. The van der Waals surface area contributed by atoms with Crippen LogP contribution < -0.4 is 15.0 Å². The molecule has 0 spiro atoms. The molecular formula is C23H31N2O3+. The van der Waals surface area contributed by atoms with E-state index in [0.29, 0.717) is 13.2 Å². The van der Waals surface area contributed by atoms with Gasteiger partial charge < -0.3 is 20.1 Å². The minimum Gasteiger partial charge on any atom is -0.489 e. The first-order chi connectivity index (χ1) is 13.6. The molecule has 150 valence electrons. The summed E-state index contributed by atoms with van der Waals surface area (Å²) in [5.74, 6) is 1.05. The maximum absolute atomic E-state index is 12.1. The van der Waals surface area contributed by atoms with Crippen molar-refractivity contribution in [3.05, 3.63) is 65.7 Å². The highest BCUT2D eigenvalue weighted by Crippen LogP contribution is 2.15. The van der Waals surface area contributed by atoms with Crippen molar-refractivity contribution in [1.82, 2.24) is 5.32 Å². The van der Waals surface area contributed by atoms with E-state index < -0.39 is 6.10 Å². The standard InChI is InChI=1S/C23H30N2O3/c1-18(26)15-24-23(27)21-11-13-25(14-12-21)16-19-7-9-22(10-8-19)28-17-20-5-3-2-4-6-20/h2-10,18,21,26H,11-17H2,1H3,(H,24,27)/p+1/t18-/m1/s1. The van der Waals surface area contributed by atoms with Crippen LogP contribution in [-0.2, 0) is 17.9 Å². The lowest BCUT2D eigenvalue weighted by Crippen LogP contribution is -3.11. The van der Waals surface area contributed by atoms with Gasteiger partial charge in [0.25, 0.3) is 0 Å². The zero-order valence-corrected chi connectivity index (χ0v) is 16.6. The summed E-state index contributed by atoms with van der Waals surface area (Å²) < 4.78 is 5.85. The normalized spacial score (nSPS) is 20.4. The van der Waals surface area contributed by atoms with Crippen LogP contribution in [0.4, 0.5) is 0 Å². The van der Waals surface area contributed by atoms with Crippen LogP contribution in [0.25, 0.3) is 0 Å². The van der Waals surface area contributed by atoms with E-state index in [4.69, 9.17) is 4.74 Å². The molecule has 1 heterocycles. The lowest BCUT2D eigenvalue weighted by atomic mass is 9.95. The fourth-order valence-corrected chi connectivity index (χ4v) is 3.59. The molecular weight excluding hydrogens is 352 g/mol. The second-order valence-corrected chi connectivity index (χ2v) is 7.71. The molecule has 5 nitrogen and oxygen atoms in total. The monoisotopic (exact) mass is 383 g/mol. The summed E-state index contributed by atoms with van der Waals surface area (Å²) >= 11 is 0. The van der Waals surface area contributed by atoms with Gasteiger partial charge in [0.1, 0.15) is 18.9 Å². The second kappa shape index (κ2) is 10.2. The predicted molar refractivity (Wildman–Crippen MR) is 109 cm³/mol. The summed E-state index contributed by atoms with van der Waals surface area (Å²) in [6.45, 7) is 5.57. The third-order valence-electron chi connectivity index (χ3n) is 5.26. The smallest absolute Gasteiger partial charge is 0.223 e. The number of likely N-dealkylation sites (tertiary alicyclic amines) is 1. The highest BCUT2D eigenvalue weighted by Gasteiger charge is 2.27. The highest BCUT2D eigenvalue weighted by molar-refractivity contribution is 5.78. The van der Waals surface area contributed by atoms with E-state index in [0.717, 1.165) is 43.8 Å². The van der Waals surface area contributed by atoms with Crippen LogP contribution in [0.15, 0.2) is 54.6 Å². The zero-order valence-electron chi connectivity index (χ0n) is 16.6. The Kier molecular flexibility index (Phi) is 7.46. The second-order valence-electron chi connectivity index (χ2n) is 7.71. The maximum Gasteiger partial charge on any atom is 0.223 e. The van der Waals surface area contributed by atoms with Crippen LogP contribution in [-0.4, -0.2) is 36.8 Å². The van der Waals surface area contributed by atoms with Gasteiger partial charge in [-0.1, -0.05) is 30.3 Å². The van der Waals surface area contributed by atoms with Crippen LogP contribution >= 0.6 is 0 Å². The molecule has 0 aliphatic carbocycles. The molecule has 0 saturated carbocycles. The largest absolute Gasteiger partial charge is 0.489 e. The van der Waals surface area contributed by atoms with E-state index in [-0.39, 0.29) is 11.8 Å². The Morgan fingerprint density at radius 1 is 1.11 bits per heavy atom. The molecule has 1 amide bonds. The molecule has 0 unspecified atom stereocenters. The summed E-state index contributed by atoms with van der Waals surface area (Å²) in [5, 5.41) is 12.1. The Balaban J connectivity index is 1.41. The molecule has 1 aliphatic rings. The minimum absolute atomic E-state index is 0.0799. The fraction of sp³-hybridized carbons (Fsp3) is 0.435. The Bertz CT molecular complexity index is 723. The van der Waals surface area contributed by atoms with Crippen molar-refractivity contribution < 1.29 is 19.5 Å². The van der Waals surface area contributed by atoms with Gasteiger partial charge in [0, 0.05) is 30.9 Å². The molecule has 0 bridgehead atoms. The maximum atomic E-state index is 12.1. The predicted octanol–water partition coefficient (Wildman–Crippen LogP) is 1.56. The van der Waals surface area contributed by atoms with Crippen LogP contribution in [0.1, 0.15) is 30.9 Å². The molecule has 1 saturated heterocycles. The third-order valence-corrected chi connectivity index (χ3v) is 5.26. The molecule has 1 atom stereocenters. The van der Waals surface area contributed by atoms with E-state index >= 15 is 0 Å². The topological polar surface area (TPSA) is 63.0 Å². The number of benzene rings is 2. The number of carbonyl (C=O) groups excluding carboxylic acids is 1. The van der Waals surface area contributed by atoms with Gasteiger partial charge >= 0.3 is 0 Å². The fourth-order valence-electron chi connectivity index (χ4n) is 3.59. The minimum atomic E-state index is -0.491. The summed E-state index contributed by atoms with van der Waals surface area (Å²) in [6, 6.07) is 18.5. The summed E-state index contributed by atoms with van der Waals surface area (Å²) in [4.78, 5) is 13.6. The number of ether oxygens (including phenoxy) is 1. The molecule has 1 fully saturated rings. The first kappa shape index (κ1) is 20.4. The number of piperidine rings is 1. The molecule has 28 heavy (non-hydrogen) atoms. The van der Waals surface area contributed by atoms with Crippen molar-refractivity contribution >= 4 is 5.91 Å². The van der Waals surface area contributed by atoms with Crippen molar-refractivity contribution in [3.63, 3.8) is 0 Å². The van der Waals surface area contributed by atoms with Gasteiger partial charge in [-0.25, -0.2) is 0 Å². The van der Waals surface area contributed by atoms with Gasteiger partial charge in [0.05, 0.1) is 19.2 Å². The number of hydrogen-bond acceptors (Lipinski definition) is 3. The summed E-state index contributed by atoms with van der Waals surface area (Å²) in [6.07, 6.45) is 1.31. The molecule has 0 aromatic heterocycles. The van der Waals surface area contributed by atoms with Crippen molar-refractivity contribution in [2.24, 2.45) is 5.92 Å². The van der Waals surface area contributed by atoms with E-state index in [1.165, 1.54) is 10.5 Å². The van der Waals surface area contributed by atoms with Gasteiger partial charge in [0.15, 0.2) is 0 Å². The summed E-state index contributed by atoms with van der Waals surface area (Å²) in [7, 11) is 0. The van der Waals surface area contributed by atoms with Crippen molar-refractivity contribution in [2.75, 3.05) is 19.6 Å². The van der Waals surface area contributed by atoms with Crippen LogP contribution in [0, 0.1) is 5.92 Å². The third kappa shape index (κ3) is 6.36. The van der Waals surface area contributed by atoms with Crippen LogP contribution in [0.3, 0.4) is 0 Å². The highest BCUT2D eigenvalue weighted by atomic mass is 16.5. The average Bonchev–Trinajstić information content (AvgIpc) is 2.73. The molecule has 2 aromatic rings. The average molecular weight is 384 g/mol. The first-order valence-corrected chi connectivity index (χ1v) is 10.1. The number of hydrogen-bond donors (Lipinski definition) is 3. The molecule has 3 rings (SSSR count). The van der Waals surface area contributed by atoms with Crippen LogP contribution in [0.5, 0.6) is 5.75 Å². The van der Waals surface area contributed by atoms with Crippen molar-refractivity contribution in [2.45, 2.75) is 39.0 Å². The Morgan fingerprint density at radius 2 is 1.79 bits per heavy atom. The number of amides is 1. The first-order valence-electron chi connectivity index (χ1n) is 10.1. The Hall–Kier alpha value is -2.37. The summed E-state index contributed by atoms with van der Waals surface area (Å²) in [5.41, 5.74) is 2.45. The number of carbonyl (C=O) groups is 1. The van der Waals surface area contributed by atoms with Crippen LogP contribution in [0.2, 0.25) is 0 Å². The van der Waals surface area contributed by atoms with Gasteiger partial charge in [0.2, 0.25) is 5.91 Å².